The van der Waals surface area contributed by atoms with Crippen LogP contribution in [-0.4, -0.2) is 42.1 Å². The lowest BCUT2D eigenvalue weighted by Gasteiger charge is -2.54. The first-order chi connectivity index (χ1) is 15.0. The zero-order valence-corrected chi connectivity index (χ0v) is 18.9. The van der Waals surface area contributed by atoms with E-state index in [-0.39, 0.29) is 24.7 Å². The third kappa shape index (κ3) is 4.74. The van der Waals surface area contributed by atoms with Gasteiger partial charge in [0, 0.05) is 11.8 Å². The fraction of sp³-hybridized carbons (Fsp3) is 0.440. The number of hydrogen-bond donors (Lipinski definition) is 0. The van der Waals surface area contributed by atoms with Gasteiger partial charge in [-0.1, -0.05) is 42.5 Å². The smallest absolute Gasteiger partial charge is 0.410 e. The molecule has 0 N–H and O–H groups in total. The van der Waals surface area contributed by atoms with Gasteiger partial charge in [0.05, 0.1) is 18.7 Å². The molecule has 0 unspecified atom stereocenters. The number of esters is 1. The second-order valence-electron chi connectivity index (χ2n) is 8.58. The molecule has 1 saturated carbocycles. The van der Waals surface area contributed by atoms with Crippen molar-refractivity contribution in [2.24, 2.45) is 5.41 Å². The van der Waals surface area contributed by atoms with Crippen LogP contribution in [0.25, 0.3) is 0 Å². The van der Waals surface area contributed by atoms with Crippen LogP contribution in [-0.2, 0) is 16.1 Å². The maximum atomic E-state index is 13.0. The number of benzene rings is 2. The van der Waals surface area contributed by atoms with Gasteiger partial charge in [-0.25, -0.2) is 9.59 Å². The van der Waals surface area contributed by atoms with Crippen molar-refractivity contribution in [1.29, 1.82) is 0 Å². The van der Waals surface area contributed by atoms with Gasteiger partial charge in [0.15, 0.2) is 0 Å². The lowest BCUT2D eigenvalue weighted by molar-refractivity contribution is -0.00553. The van der Waals surface area contributed by atoms with Crippen molar-refractivity contribution in [2.75, 3.05) is 19.9 Å². The number of ether oxygens (including phenoxy) is 2. The molecule has 1 atom stereocenters. The summed E-state index contributed by atoms with van der Waals surface area (Å²) in [5, 5.41) is 0.721. The third-order valence-corrected chi connectivity index (χ3v) is 7.70. The monoisotopic (exact) mass is 439 g/mol. The molecule has 5 nitrogen and oxygen atoms in total. The molecule has 6 heteroatoms. The number of carbonyl (C=O) groups excluding carboxylic acids is 2. The zero-order valence-electron chi connectivity index (χ0n) is 18.1. The van der Waals surface area contributed by atoms with Gasteiger partial charge in [0.1, 0.15) is 6.61 Å². The Labute approximate surface area is 188 Å². The van der Waals surface area contributed by atoms with E-state index in [1.54, 1.807) is 12.1 Å². The average molecular weight is 440 g/mol. The van der Waals surface area contributed by atoms with Crippen LogP contribution in [0.5, 0.6) is 0 Å². The van der Waals surface area contributed by atoms with Crippen molar-refractivity contribution >= 4 is 23.8 Å². The number of thioether (sulfide) groups is 1. The molecule has 1 saturated heterocycles. The summed E-state index contributed by atoms with van der Waals surface area (Å²) < 4.78 is 10.5. The summed E-state index contributed by atoms with van der Waals surface area (Å²) in [5.74, 6) is -0.354. The Morgan fingerprint density at radius 2 is 1.77 bits per heavy atom. The molecule has 1 amide bonds. The fourth-order valence-electron chi connectivity index (χ4n) is 4.86. The number of likely N-dealkylation sites (tertiary alicyclic amines) is 1. The molecule has 2 fully saturated rings. The van der Waals surface area contributed by atoms with E-state index in [0.29, 0.717) is 17.5 Å². The Morgan fingerprint density at radius 3 is 2.42 bits per heavy atom. The van der Waals surface area contributed by atoms with Gasteiger partial charge in [-0.05, 0) is 60.6 Å². The van der Waals surface area contributed by atoms with Crippen LogP contribution >= 0.6 is 11.8 Å². The van der Waals surface area contributed by atoms with Crippen LogP contribution in [0.2, 0.25) is 0 Å². The topological polar surface area (TPSA) is 55.8 Å². The molecule has 1 heterocycles. The molecule has 1 aliphatic heterocycles. The first-order valence-corrected chi connectivity index (χ1v) is 12.0. The summed E-state index contributed by atoms with van der Waals surface area (Å²) in [5.41, 5.74) is 2.83. The number of carbonyl (C=O) groups is 2. The highest BCUT2D eigenvalue weighted by Gasteiger charge is 2.49. The van der Waals surface area contributed by atoms with E-state index in [9.17, 15) is 9.59 Å². The molecule has 0 aromatic heterocycles. The van der Waals surface area contributed by atoms with Crippen molar-refractivity contribution in [2.45, 2.75) is 43.6 Å². The number of nitrogens with zero attached hydrogens (tertiary/aromatic N) is 1. The van der Waals surface area contributed by atoms with Crippen molar-refractivity contribution in [3.63, 3.8) is 0 Å². The Hall–Kier alpha value is -2.47. The number of amides is 1. The highest BCUT2D eigenvalue weighted by Crippen LogP contribution is 2.56. The molecule has 2 aliphatic rings. The molecule has 4 rings (SSSR count). The molecule has 164 valence electrons. The van der Waals surface area contributed by atoms with Gasteiger partial charge in [-0.3, -0.25) is 0 Å². The second kappa shape index (κ2) is 9.35. The second-order valence-corrected chi connectivity index (χ2v) is 9.72. The summed E-state index contributed by atoms with van der Waals surface area (Å²) >= 11 is 1.94. The Balaban J connectivity index is 1.51. The van der Waals surface area contributed by atoms with Crippen molar-refractivity contribution in [1.82, 2.24) is 4.90 Å². The van der Waals surface area contributed by atoms with Gasteiger partial charge in [-0.2, -0.15) is 11.8 Å². The molecule has 2 aromatic rings. The number of methoxy groups -OCH3 is 1. The molecule has 31 heavy (non-hydrogen) atoms. The summed E-state index contributed by atoms with van der Waals surface area (Å²) in [6, 6.07) is 17.1. The maximum Gasteiger partial charge on any atom is 0.410 e. The minimum Gasteiger partial charge on any atom is -0.465 e. The molecule has 0 radical (unpaired) electrons. The van der Waals surface area contributed by atoms with E-state index < -0.39 is 0 Å². The largest absolute Gasteiger partial charge is 0.465 e. The van der Waals surface area contributed by atoms with E-state index in [0.717, 1.165) is 29.2 Å². The van der Waals surface area contributed by atoms with Gasteiger partial charge >= 0.3 is 12.1 Å². The predicted octanol–water partition coefficient (Wildman–Crippen LogP) is 5.46. The minimum absolute atomic E-state index is 0.0495. The molecular weight excluding hydrogens is 410 g/mol. The maximum absolute atomic E-state index is 13.0. The van der Waals surface area contributed by atoms with Gasteiger partial charge in [0.2, 0.25) is 0 Å². The third-order valence-electron chi connectivity index (χ3n) is 6.70. The molecule has 0 bridgehead atoms. The van der Waals surface area contributed by atoms with Crippen LogP contribution in [0.15, 0.2) is 54.6 Å². The standard InChI is InChI=1S/C25H29NO4S/c1-29-23(27)20-10-8-19(9-11-20)22-16-25(14-21(15-25)31-2)12-13-26(22)24(28)30-17-18-6-4-3-5-7-18/h3-11,21-22H,12-17H2,1-2H3/t21?,22-,25?/m0/s1. The summed E-state index contributed by atoms with van der Waals surface area (Å²) in [6.45, 7) is 0.960. The Bertz CT molecular complexity index is 909. The lowest BCUT2D eigenvalue weighted by atomic mass is 9.60. The lowest BCUT2D eigenvalue weighted by Crippen LogP contribution is -2.51. The normalized spacial score (nSPS) is 25.0. The SMILES string of the molecule is COC(=O)c1ccc([C@@H]2CC3(CCN2C(=O)OCc2ccccc2)CC(SC)C3)cc1. The summed E-state index contributed by atoms with van der Waals surface area (Å²) in [6.07, 6.45) is 6.26. The Kier molecular flexibility index (Phi) is 6.56. The van der Waals surface area contributed by atoms with E-state index in [2.05, 4.69) is 6.26 Å². The number of rotatable bonds is 5. The molecular formula is C25H29NO4S. The first-order valence-electron chi connectivity index (χ1n) is 10.7. The van der Waals surface area contributed by atoms with Crippen molar-refractivity contribution < 1.29 is 19.1 Å². The summed E-state index contributed by atoms with van der Waals surface area (Å²) in [7, 11) is 1.38. The number of piperidine rings is 1. The average Bonchev–Trinajstić information content (AvgIpc) is 2.80. The van der Waals surface area contributed by atoms with Crippen molar-refractivity contribution in [3.05, 3.63) is 71.3 Å². The van der Waals surface area contributed by atoms with E-state index in [1.165, 1.54) is 20.0 Å². The highest BCUT2D eigenvalue weighted by atomic mass is 32.2. The fourth-order valence-corrected chi connectivity index (χ4v) is 5.90. The van der Waals surface area contributed by atoms with Crippen LogP contribution in [0.4, 0.5) is 4.79 Å². The van der Waals surface area contributed by atoms with Crippen molar-refractivity contribution in [3.8, 4) is 0 Å². The quantitative estimate of drug-likeness (QED) is 0.579. The molecule has 1 spiro atoms. The van der Waals surface area contributed by atoms with Gasteiger partial charge in [0.25, 0.3) is 0 Å². The minimum atomic E-state index is -0.354. The van der Waals surface area contributed by atoms with Crippen LogP contribution < -0.4 is 0 Å². The van der Waals surface area contributed by atoms with Crippen LogP contribution in [0.3, 0.4) is 0 Å². The van der Waals surface area contributed by atoms with Gasteiger partial charge < -0.3 is 14.4 Å². The van der Waals surface area contributed by atoms with E-state index >= 15 is 0 Å². The van der Waals surface area contributed by atoms with Gasteiger partial charge in [-0.15, -0.1) is 0 Å². The molecule has 2 aromatic carbocycles. The van der Waals surface area contributed by atoms with Crippen LogP contribution in [0, 0.1) is 5.41 Å². The van der Waals surface area contributed by atoms with E-state index in [4.69, 9.17) is 9.47 Å². The Morgan fingerprint density at radius 1 is 1.06 bits per heavy atom. The number of hydrogen-bond acceptors (Lipinski definition) is 5. The first kappa shape index (κ1) is 21.8. The van der Waals surface area contributed by atoms with Crippen LogP contribution in [0.1, 0.15) is 53.2 Å². The highest BCUT2D eigenvalue weighted by molar-refractivity contribution is 7.99. The predicted molar refractivity (Wildman–Crippen MR) is 122 cm³/mol. The van der Waals surface area contributed by atoms with E-state index in [1.807, 2.05) is 59.1 Å². The molecule has 1 aliphatic carbocycles. The zero-order chi connectivity index (χ0) is 21.8. The summed E-state index contributed by atoms with van der Waals surface area (Å²) in [4.78, 5) is 26.7.